The summed E-state index contributed by atoms with van der Waals surface area (Å²) in [5, 5.41) is 25.1. The van der Waals surface area contributed by atoms with Gasteiger partial charge in [-0.25, -0.2) is 0 Å². The van der Waals surface area contributed by atoms with E-state index in [1.54, 1.807) is 12.1 Å². The number of nitriles is 2. The average molecular weight is 687 g/mol. The number of fused-ring (bicyclic) bond motifs is 6. The van der Waals surface area contributed by atoms with Gasteiger partial charge in [0.05, 0.1) is 45.3 Å². The van der Waals surface area contributed by atoms with Crippen LogP contribution in [0.15, 0.2) is 182 Å². The fraction of sp³-hybridized carbons (Fsp3) is 0. The molecule has 0 spiro atoms. The second kappa shape index (κ2) is 12.5. The Kier molecular flexibility index (Phi) is 7.22. The van der Waals surface area contributed by atoms with Crippen LogP contribution >= 0.6 is 0 Å². The van der Waals surface area contributed by atoms with E-state index >= 15 is 0 Å². The maximum absolute atomic E-state index is 10.4. The van der Waals surface area contributed by atoms with Crippen LogP contribution in [0.25, 0.3) is 88.4 Å². The van der Waals surface area contributed by atoms with Crippen molar-refractivity contribution in [3.63, 3.8) is 0 Å². The largest absolute Gasteiger partial charge is 0.309 e. The van der Waals surface area contributed by atoms with Gasteiger partial charge in [-0.15, -0.1) is 0 Å². The lowest BCUT2D eigenvalue weighted by Gasteiger charge is -2.21. The highest BCUT2D eigenvalue weighted by Crippen LogP contribution is 2.45. The standard InChI is InChI=1S/C50H30N4/c51-31-33-23-24-36(32-52)42(27-33)50-43(34-13-3-1-4-14-34)29-38(30-44(50)35-15-5-2-6-16-35)54-48-22-12-9-19-41(48)45-28-37(25-26-49(45)54)53-46-20-10-7-17-39(46)40-18-8-11-21-47(40)53/h1-30H. The van der Waals surface area contributed by atoms with E-state index in [4.69, 9.17) is 0 Å². The predicted molar refractivity (Wildman–Crippen MR) is 221 cm³/mol. The van der Waals surface area contributed by atoms with Gasteiger partial charge < -0.3 is 9.13 Å². The van der Waals surface area contributed by atoms with Crippen molar-refractivity contribution in [3.8, 4) is 56.9 Å². The molecule has 0 saturated carbocycles. The Morgan fingerprint density at radius 2 is 0.833 bits per heavy atom. The Morgan fingerprint density at radius 3 is 1.37 bits per heavy atom. The topological polar surface area (TPSA) is 57.4 Å². The third-order valence-corrected chi connectivity index (χ3v) is 10.6. The fourth-order valence-electron chi connectivity index (χ4n) is 8.23. The maximum atomic E-state index is 10.4. The highest BCUT2D eigenvalue weighted by Gasteiger charge is 2.22. The van der Waals surface area contributed by atoms with Crippen molar-refractivity contribution in [2.24, 2.45) is 0 Å². The summed E-state index contributed by atoms with van der Waals surface area (Å²) in [4.78, 5) is 0. The number of hydrogen-bond acceptors (Lipinski definition) is 2. The molecule has 0 aliphatic carbocycles. The number of aromatic nitrogens is 2. The third kappa shape index (κ3) is 4.83. The molecule has 0 aliphatic rings. The summed E-state index contributed by atoms with van der Waals surface area (Å²) in [5.74, 6) is 0. The molecule has 0 aliphatic heterocycles. The van der Waals surface area contributed by atoms with Gasteiger partial charge in [-0.3, -0.25) is 0 Å². The van der Waals surface area contributed by atoms with Gasteiger partial charge in [0.2, 0.25) is 0 Å². The van der Waals surface area contributed by atoms with Gasteiger partial charge in [0.1, 0.15) is 0 Å². The minimum atomic E-state index is 0.507. The molecule has 0 atom stereocenters. The van der Waals surface area contributed by atoms with Crippen molar-refractivity contribution >= 4 is 43.6 Å². The number of hydrogen-bond donors (Lipinski definition) is 0. The molecule has 0 saturated heterocycles. The van der Waals surface area contributed by atoms with Crippen molar-refractivity contribution < 1.29 is 0 Å². The number of rotatable bonds is 5. The van der Waals surface area contributed by atoms with Crippen LogP contribution in [0.2, 0.25) is 0 Å². The number of benzene rings is 8. The summed E-state index contributed by atoms with van der Waals surface area (Å²) in [7, 11) is 0. The molecular weight excluding hydrogens is 657 g/mol. The van der Waals surface area contributed by atoms with Crippen molar-refractivity contribution in [2.45, 2.75) is 0 Å². The average Bonchev–Trinajstić information content (AvgIpc) is 3.76. The summed E-state index contributed by atoms with van der Waals surface area (Å²) < 4.78 is 4.73. The summed E-state index contributed by atoms with van der Waals surface area (Å²) in [6.45, 7) is 0. The van der Waals surface area contributed by atoms with Crippen LogP contribution in [0.3, 0.4) is 0 Å². The first-order valence-corrected chi connectivity index (χ1v) is 18.0. The van der Waals surface area contributed by atoms with Crippen LogP contribution in [0.5, 0.6) is 0 Å². The Morgan fingerprint density at radius 1 is 0.352 bits per heavy atom. The lowest BCUT2D eigenvalue weighted by Crippen LogP contribution is -2.00. The fourth-order valence-corrected chi connectivity index (χ4v) is 8.23. The molecule has 4 heteroatoms. The van der Waals surface area contributed by atoms with Crippen LogP contribution in [0.4, 0.5) is 0 Å². The molecule has 0 fully saturated rings. The monoisotopic (exact) mass is 686 g/mol. The van der Waals surface area contributed by atoms with Gasteiger partial charge in [0.25, 0.3) is 0 Å². The van der Waals surface area contributed by atoms with Gasteiger partial charge in [-0.1, -0.05) is 115 Å². The molecule has 0 radical (unpaired) electrons. The highest BCUT2D eigenvalue weighted by molar-refractivity contribution is 6.12. The van der Waals surface area contributed by atoms with Gasteiger partial charge in [-0.2, -0.15) is 10.5 Å². The zero-order valence-electron chi connectivity index (χ0n) is 29.1. The van der Waals surface area contributed by atoms with Crippen molar-refractivity contribution in [2.75, 3.05) is 0 Å². The van der Waals surface area contributed by atoms with E-state index in [0.717, 1.165) is 66.6 Å². The van der Waals surface area contributed by atoms with E-state index < -0.39 is 0 Å². The molecule has 0 unspecified atom stereocenters. The quantitative estimate of drug-likeness (QED) is 0.181. The Balaban J connectivity index is 1.30. The molecule has 4 nitrogen and oxygen atoms in total. The minimum absolute atomic E-state index is 0.507. The van der Waals surface area contributed by atoms with Crippen molar-refractivity contribution in [1.82, 2.24) is 9.13 Å². The summed E-state index contributed by atoms with van der Waals surface area (Å²) in [5.41, 5.74) is 13.3. The Hall–Kier alpha value is -7.66. The summed E-state index contributed by atoms with van der Waals surface area (Å²) in [6, 6.07) is 67.8. The molecule has 2 heterocycles. The zero-order valence-corrected chi connectivity index (χ0v) is 29.1. The zero-order chi connectivity index (χ0) is 36.2. The van der Waals surface area contributed by atoms with Crippen LogP contribution in [-0.2, 0) is 0 Å². The summed E-state index contributed by atoms with van der Waals surface area (Å²) in [6.07, 6.45) is 0. The van der Waals surface area contributed by atoms with E-state index in [1.165, 1.54) is 21.8 Å². The van der Waals surface area contributed by atoms with Crippen molar-refractivity contribution in [1.29, 1.82) is 10.5 Å². The molecule has 2 aromatic heterocycles. The predicted octanol–water partition coefficient (Wildman–Crippen LogP) is 12.6. The molecular formula is C50H30N4. The van der Waals surface area contributed by atoms with Crippen molar-refractivity contribution in [3.05, 3.63) is 193 Å². The van der Waals surface area contributed by atoms with E-state index in [2.05, 4.69) is 149 Å². The van der Waals surface area contributed by atoms with Gasteiger partial charge in [-0.05, 0) is 94.5 Å². The number of para-hydroxylation sites is 3. The van der Waals surface area contributed by atoms with Crippen LogP contribution in [-0.4, -0.2) is 9.13 Å². The molecule has 54 heavy (non-hydrogen) atoms. The van der Waals surface area contributed by atoms with Crippen LogP contribution < -0.4 is 0 Å². The second-order valence-corrected chi connectivity index (χ2v) is 13.6. The lowest BCUT2D eigenvalue weighted by atomic mass is 9.84. The second-order valence-electron chi connectivity index (χ2n) is 13.6. The first-order chi connectivity index (χ1) is 26.7. The normalized spacial score (nSPS) is 11.3. The van der Waals surface area contributed by atoms with Gasteiger partial charge in [0, 0.05) is 38.5 Å². The third-order valence-electron chi connectivity index (χ3n) is 10.6. The van der Waals surface area contributed by atoms with E-state index in [-0.39, 0.29) is 0 Å². The van der Waals surface area contributed by atoms with E-state index in [9.17, 15) is 10.5 Å². The summed E-state index contributed by atoms with van der Waals surface area (Å²) >= 11 is 0. The van der Waals surface area contributed by atoms with Crippen LogP contribution in [0, 0.1) is 22.7 Å². The lowest BCUT2D eigenvalue weighted by molar-refractivity contribution is 1.17. The van der Waals surface area contributed by atoms with Gasteiger partial charge >= 0.3 is 0 Å². The molecule has 250 valence electrons. The van der Waals surface area contributed by atoms with E-state index in [1.807, 2.05) is 42.5 Å². The Bertz CT molecular complexity index is 3060. The van der Waals surface area contributed by atoms with Crippen LogP contribution in [0.1, 0.15) is 11.1 Å². The maximum Gasteiger partial charge on any atom is 0.0998 e. The molecule has 0 amide bonds. The van der Waals surface area contributed by atoms with E-state index in [0.29, 0.717) is 11.1 Å². The first kappa shape index (κ1) is 31.1. The molecule has 0 N–H and O–H groups in total. The minimum Gasteiger partial charge on any atom is -0.309 e. The Labute approximate surface area is 312 Å². The molecule has 10 rings (SSSR count). The van der Waals surface area contributed by atoms with Gasteiger partial charge in [0.15, 0.2) is 0 Å². The SMILES string of the molecule is N#Cc1ccc(C#N)c(-c2c(-c3ccccc3)cc(-n3c4ccccc4c4cc(-n5c6ccccc6c6ccccc65)ccc43)cc2-c2ccccc2)c1. The highest BCUT2D eigenvalue weighted by atomic mass is 15.0. The molecule has 0 bridgehead atoms. The number of nitrogens with zero attached hydrogens (tertiary/aromatic N) is 4. The molecule has 10 aromatic rings. The smallest absolute Gasteiger partial charge is 0.0998 e. The molecule has 8 aromatic carbocycles. The first-order valence-electron chi connectivity index (χ1n) is 18.0.